The standard InChI is InChI=1S/C14H21BrN2O4S.ClH/c1-3-4-5-11(9-16)17-22(19,20)13-7-6-10(8-12(13)15)14(18)21-2;/h6-8,11,17H,3-5,9,16H2,1-2H3;1H. The van der Waals surface area contributed by atoms with Gasteiger partial charge in [0.1, 0.15) is 0 Å². The monoisotopic (exact) mass is 428 g/mol. The van der Waals surface area contributed by atoms with E-state index in [9.17, 15) is 13.2 Å². The lowest BCUT2D eigenvalue weighted by molar-refractivity contribution is 0.0600. The molecule has 3 N–H and O–H groups in total. The lowest BCUT2D eigenvalue weighted by atomic mass is 10.1. The van der Waals surface area contributed by atoms with E-state index in [1.165, 1.54) is 25.3 Å². The third-order valence-electron chi connectivity index (χ3n) is 3.15. The van der Waals surface area contributed by atoms with Crippen LogP contribution in [0.2, 0.25) is 0 Å². The van der Waals surface area contributed by atoms with Crippen LogP contribution >= 0.6 is 28.3 Å². The molecule has 0 amide bonds. The van der Waals surface area contributed by atoms with Gasteiger partial charge in [0.15, 0.2) is 0 Å². The molecule has 0 aliphatic rings. The average molecular weight is 430 g/mol. The third-order valence-corrected chi connectivity index (χ3v) is 5.65. The minimum atomic E-state index is -3.71. The van der Waals surface area contributed by atoms with Gasteiger partial charge in [0.25, 0.3) is 0 Å². The quantitative estimate of drug-likeness (QED) is 0.618. The summed E-state index contributed by atoms with van der Waals surface area (Å²) >= 11 is 3.19. The van der Waals surface area contributed by atoms with Crippen molar-refractivity contribution in [3.8, 4) is 0 Å². The second kappa shape index (κ2) is 10.2. The molecule has 0 aliphatic carbocycles. The second-order valence-electron chi connectivity index (χ2n) is 4.83. The number of halogens is 2. The molecular formula is C14H22BrClN2O4S. The fourth-order valence-electron chi connectivity index (χ4n) is 1.92. The van der Waals surface area contributed by atoms with E-state index >= 15 is 0 Å². The molecule has 0 bridgehead atoms. The van der Waals surface area contributed by atoms with Crippen LogP contribution in [0.25, 0.3) is 0 Å². The minimum absolute atomic E-state index is 0. The predicted molar refractivity (Wildman–Crippen MR) is 95.4 cm³/mol. The largest absolute Gasteiger partial charge is 0.465 e. The summed E-state index contributed by atoms with van der Waals surface area (Å²) in [5.41, 5.74) is 5.89. The summed E-state index contributed by atoms with van der Waals surface area (Å²) in [4.78, 5) is 11.5. The number of carbonyl (C=O) groups excluding carboxylic acids is 1. The molecule has 1 aromatic carbocycles. The molecule has 1 rings (SSSR count). The summed E-state index contributed by atoms with van der Waals surface area (Å²) in [6.07, 6.45) is 2.55. The highest BCUT2D eigenvalue weighted by atomic mass is 79.9. The Morgan fingerprint density at radius 2 is 2.09 bits per heavy atom. The van der Waals surface area contributed by atoms with Crippen LogP contribution in [0.15, 0.2) is 27.6 Å². The first-order chi connectivity index (χ1) is 10.4. The molecule has 0 saturated heterocycles. The van der Waals surface area contributed by atoms with E-state index in [2.05, 4.69) is 25.4 Å². The molecule has 0 saturated carbocycles. The van der Waals surface area contributed by atoms with Crippen molar-refractivity contribution in [3.63, 3.8) is 0 Å². The van der Waals surface area contributed by atoms with E-state index < -0.39 is 16.0 Å². The van der Waals surface area contributed by atoms with Gasteiger partial charge >= 0.3 is 5.97 Å². The van der Waals surface area contributed by atoms with Gasteiger partial charge in [-0.2, -0.15) is 0 Å². The van der Waals surface area contributed by atoms with Gasteiger partial charge in [-0.25, -0.2) is 17.9 Å². The second-order valence-corrected chi connectivity index (χ2v) is 7.37. The molecule has 0 spiro atoms. The Kier molecular flexibility index (Phi) is 9.95. The smallest absolute Gasteiger partial charge is 0.337 e. The Hall–Kier alpha value is -0.670. The first kappa shape index (κ1) is 22.3. The van der Waals surface area contributed by atoms with E-state index in [0.29, 0.717) is 10.9 Å². The zero-order valence-corrected chi connectivity index (χ0v) is 16.3. The van der Waals surface area contributed by atoms with Gasteiger partial charge in [0, 0.05) is 17.1 Å². The van der Waals surface area contributed by atoms with Gasteiger partial charge in [-0.05, 0) is 40.5 Å². The van der Waals surface area contributed by atoms with Crippen molar-refractivity contribution in [2.24, 2.45) is 5.73 Å². The Labute approximate surface area is 151 Å². The van der Waals surface area contributed by atoms with E-state index in [1.807, 2.05) is 6.92 Å². The number of ether oxygens (including phenoxy) is 1. The molecule has 0 aromatic heterocycles. The first-order valence-electron chi connectivity index (χ1n) is 6.96. The summed E-state index contributed by atoms with van der Waals surface area (Å²) in [5, 5.41) is 0. The number of hydrogen-bond donors (Lipinski definition) is 2. The van der Waals surface area contributed by atoms with Crippen LogP contribution in [0.3, 0.4) is 0 Å². The molecule has 1 unspecified atom stereocenters. The molecule has 23 heavy (non-hydrogen) atoms. The third kappa shape index (κ3) is 6.39. The van der Waals surface area contributed by atoms with E-state index in [1.54, 1.807) is 0 Å². The number of sulfonamides is 1. The van der Waals surface area contributed by atoms with Gasteiger partial charge in [0.05, 0.1) is 17.6 Å². The SMILES string of the molecule is CCCCC(CN)NS(=O)(=O)c1ccc(C(=O)OC)cc1Br.Cl. The average Bonchev–Trinajstić information content (AvgIpc) is 2.50. The molecule has 132 valence electrons. The maximum atomic E-state index is 12.4. The van der Waals surface area contributed by atoms with Crippen molar-refractivity contribution < 1.29 is 17.9 Å². The molecule has 9 heteroatoms. The zero-order chi connectivity index (χ0) is 16.8. The van der Waals surface area contributed by atoms with E-state index in [0.717, 1.165) is 12.8 Å². The lowest BCUT2D eigenvalue weighted by Gasteiger charge is -2.17. The number of methoxy groups -OCH3 is 1. The highest BCUT2D eigenvalue weighted by molar-refractivity contribution is 9.10. The van der Waals surface area contributed by atoms with Crippen molar-refractivity contribution in [2.75, 3.05) is 13.7 Å². The number of benzene rings is 1. The van der Waals surface area contributed by atoms with Crippen LogP contribution in [-0.4, -0.2) is 34.1 Å². The van der Waals surface area contributed by atoms with Gasteiger partial charge in [-0.1, -0.05) is 19.8 Å². The number of esters is 1. The Balaban J connectivity index is 0.00000484. The van der Waals surface area contributed by atoms with Gasteiger partial charge in [-0.15, -0.1) is 12.4 Å². The highest BCUT2D eigenvalue weighted by Gasteiger charge is 2.22. The van der Waals surface area contributed by atoms with Crippen LogP contribution < -0.4 is 10.5 Å². The van der Waals surface area contributed by atoms with E-state index in [-0.39, 0.29) is 35.5 Å². The molecule has 0 fully saturated rings. The highest BCUT2D eigenvalue weighted by Crippen LogP contribution is 2.24. The van der Waals surface area contributed by atoms with Crippen molar-refractivity contribution in [1.29, 1.82) is 0 Å². The van der Waals surface area contributed by atoms with Crippen molar-refractivity contribution in [2.45, 2.75) is 37.1 Å². The first-order valence-corrected chi connectivity index (χ1v) is 9.23. The zero-order valence-electron chi connectivity index (χ0n) is 13.0. The number of rotatable bonds is 8. The Bertz CT molecular complexity index is 625. The van der Waals surface area contributed by atoms with Gasteiger partial charge in [0.2, 0.25) is 10.0 Å². The molecule has 1 aromatic rings. The fourth-order valence-corrected chi connectivity index (χ4v) is 4.28. The summed E-state index contributed by atoms with van der Waals surface area (Å²) < 4.78 is 32.3. The normalized spacial score (nSPS) is 12.3. The van der Waals surface area contributed by atoms with Gasteiger partial charge < -0.3 is 10.5 Å². The molecule has 0 heterocycles. The molecular weight excluding hydrogens is 408 g/mol. The maximum Gasteiger partial charge on any atom is 0.337 e. The topological polar surface area (TPSA) is 98.5 Å². The molecule has 6 nitrogen and oxygen atoms in total. The summed E-state index contributed by atoms with van der Waals surface area (Å²) in [5.74, 6) is -0.527. The Morgan fingerprint density at radius 1 is 1.43 bits per heavy atom. The molecule has 0 aliphatic heterocycles. The van der Waals surface area contributed by atoms with Crippen LogP contribution in [-0.2, 0) is 14.8 Å². The van der Waals surface area contributed by atoms with Gasteiger partial charge in [-0.3, -0.25) is 0 Å². The van der Waals surface area contributed by atoms with E-state index in [4.69, 9.17) is 5.73 Å². The number of nitrogens with one attached hydrogen (secondary N) is 1. The lowest BCUT2D eigenvalue weighted by Crippen LogP contribution is -2.40. The van der Waals surface area contributed by atoms with Crippen molar-refractivity contribution in [3.05, 3.63) is 28.2 Å². The number of carbonyl (C=O) groups is 1. The maximum absolute atomic E-state index is 12.4. The van der Waals surface area contributed by atoms with Crippen LogP contribution in [0.5, 0.6) is 0 Å². The van der Waals surface area contributed by atoms with Crippen molar-refractivity contribution in [1.82, 2.24) is 4.72 Å². The van der Waals surface area contributed by atoms with Crippen LogP contribution in [0.1, 0.15) is 36.5 Å². The fraction of sp³-hybridized carbons (Fsp3) is 0.500. The number of unbranched alkanes of at least 4 members (excludes halogenated alkanes) is 1. The van der Waals surface area contributed by atoms with Crippen LogP contribution in [0.4, 0.5) is 0 Å². The molecule has 1 atom stereocenters. The molecule has 0 radical (unpaired) electrons. The number of nitrogens with two attached hydrogens (primary N) is 1. The number of hydrogen-bond acceptors (Lipinski definition) is 5. The predicted octanol–water partition coefficient (Wildman–Crippen LogP) is 2.45. The summed E-state index contributed by atoms with van der Waals surface area (Å²) in [6.45, 7) is 2.27. The summed E-state index contributed by atoms with van der Waals surface area (Å²) in [7, 11) is -2.44. The van der Waals surface area contributed by atoms with Crippen LogP contribution in [0, 0.1) is 0 Å². The van der Waals surface area contributed by atoms with Crippen molar-refractivity contribution >= 4 is 44.3 Å². The minimum Gasteiger partial charge on any atom is -0.465 e. The summed E-state index contributed by atoms with van der Waals surface area (Å²) in [6, 6.07) is 3.89. The Morgan fingerprint density at radius 3 is 2.57 bits per heavy atom.